The van der Waals surface area contributed by atoms with E-state index < -0.39 is 10.0 Å². The summed E-state index contributed by atoms with van der Waals surface area (Å²) in [5, 5.41) is 4.84. The van der Waals surface area contributed by atoms with Crippen LogP contribution in [0.4, 0.5) is 0 Å². The van der Waals surface area contributed by atoms with Gasteiger partial charge in [0.1, 0.15) is 5.82 Å². The molecule has 7 nitrogen and oxygen atoms in total. The highest BCUT2D eigenvalue weighted by molar-refractivity contribution is 7.89. The fourth-order valence-corrected chi connectivity index (χ4v) is 5.47. The number of piperidine rings is 1. The van der Waals surface area contributed by atoms with Crippen LogP contribution in [-0.2, 0) is 17.1 Å². The molecular weight excluding hydrogens is 412 g/mol. The molecule has 1 saturated heterocycles. The molecule has 0 unspecified atom stereocenters. The van der Waals surface area contributed by atoms with Gasteiger partial charge in [-0.05, 0) is 43.2 Å². The lowest BCUT2D eigenvalue weighted by molar-refractivity contribution is 0.311. The molecule has 29 heavy (non-hydrogen) atoms. The first-order valence-electron chi connectivity index (χ1n) is 9.35. The summed E-state index contributed by atoms with van der Waals surface area (Å²) in [6, 6.07) is 15.7. The number of halogens is 1. The van der Waals surface area contributed by atoms with Crippen molar-refractivity contribution in [2.45, 2.75) is 23.7 Å². The van der Waals surface area contributed by atoms with Gasteiger partial charge in [0.15, 0.2) is 0 Å². The number of benzene rings is 2. The van der Waals surface area contributed by atoms with Crippen molar-refractivity contribution in [1.29, 1.82) is 0 Å². The van der Waals surface area contributed by atoms with Crippen LogP contribution in [0.5, 0.6) is 0 Å². The third kappa shape index (κ3) is 3.75. The standard InChI is InChI=1S/C20H21ClN4O3S/c1-23-20(26)25(17-7-3-2-4-8-17)19(22-23)15-10-12-24(13-11-15)29(27,28)18-9-5-6-16(21)14-18/h2-9,14-15H,10-13H2,1H3. The minimum absolute atomic E-state index is 0.00471. The van der Waals surface area contributed by atoms with Crippen LogP contribution in [0.25, 0.3) is 5.69 Å². The summed E-state index contributed by atoms with van der Waals surface area (Å²) in [7, 11) is -1.97. The lowest BCUT2D eigenvalue weighted by Crippen LogP contribution is -2.38. The minimum Gasteiger partial charge on any atom is -0.247 e. The number of sulfonamides is 1. The second-order valence-electron chi connectivity index (χ2n) is 7.07. The molecule has 2 aromatic carbocycles. The number of aromatic nitrogens is 3. The predicted octanol–water partition coefficient (Wildman–Crippen LogP) is 2.79. The first kappa shape index (κ1) is 19.9. The van der Waals surface area contributed by atoms with E-state index in [0.29, 0.717) is 36.8 Å². The Bertz CT molecular complexity index is 1180. The number of nitrogens with zero attached hydrogens (tertiary/aromatic N) is 4. The van der Waals surface area contributed by atoms with Crippen LogP contribution < -0.4 is 5.69 Å². The van der Waals surface area contributed by atoms with Crippen LogP contribution in [-0.4, -0.2) is 40.2 Å². The SMILES string of the molecule is Cn1nc(C2CCN(S(=O)(=O)c3cccc(Cl)c3)CC2)n(-c2ccccc2)c1=O. The lowest BCUT2D eigenvalue weighted by Gasteiger charge is -2.30. The molecule has 0 atom stereocenters. The van der Waals surface area contributed by atoms with Crippen molar-refractivity contribution in [2.75, 3.05) is 13.1 Å². The van der Waals surface area contributed by atoms with Gasteiger partial charge in [0.2, 0.25) is 10.0 Å². The zero-order valence-electron chi connectivity index (χ0n) is 15.9. The molecule has 0 amide bonds. The first-order chi connectivity index (χ1) is 13.9. The van der Waals surface area contributed by atoms with Crippen LogP contribution in [0.2, 0.25) is 5.02 Å². The van der Waals surface area contributed by atoms with Crippen molar-refractivity contribution in [3.05, 3.63) is 75.9 Å². The molecule has 1 aliphatic heterocycles. The fraction of sp³-hybridized carbons (Fsp3) is 0.300. The molecule has 0 spiro atoms. The predicted molar refractivity (Wildman–Crippen MR) is 111 cm³/mol. The molecule has 0 aliphatic carbocycles. The quantitative estimate of drug-likeness (QED) is 0.635. The van der Waals surface area contributed by atoms with Crippen molar-refractivity contribution >= 4 is 21.6 Å². The maximum atomic E-state index is 12.9. The van der Waals surface area contributed by atoms with Crippen molar-refractivity contribution in [3.63, 3.8) is 0 Å². The van der Waals surface area contributed by atoms with Gasteiger partial charge in [0, 0.05) is 31.1 Å². The summed E-state index contributed by atoms with van der Waals surface area (Å²) in [6.07, 6.45) is 1.17. The Labute approximate surface area is 174 Å². The van der Waals surface area contributed by atoms with Gasteiger partial charge in [-0.15, -0.1) is 0 Å². The second-order valence-corrected chi connectivity index (χ2v) is 9.45. The summed E-state index contributed by atoms with van der Waals surface area (Å²) >= 11 is 5.96. The van der Waals surface area contributed by atoms with Gasteiger partial charge < -0.3 is 0 Å². The molecule has 0 radical (unpaired) electrons. The molecule has 1 aromatic heterocycles. The maximum absolute atomic E-state index is 12.9. The largest absolute Gasteiger partial charge is 0.350 e. The van der Waals surface area contributed by atoms with E-state index in [1.165, 1.54) is 15.1 Å². The zero-order chi connectivity index (χ0) is 20.6. The fourth-order valence-electron chi connectivity index (χ4n) is 3.70. The summed E-state index contributed by atoms with van der Waals surface area (Å²) in [4.78, 5) is 12.8. The number of hydrogen-bond acceptors (Lipinski definition) is 4. The Balaban J connectivity index is 1.58. The normalized spacial score (nSPS) is 16.2. The summed E-state index contributed by atoms with van der Waals surface area (Å²) in [5.41, 5.74) is 0.551. The number of rotatable bonds is 4. The Hall–Kier alpha value is -2.42. The second kappa shape index (κ2) is 7.78. The molecule has 9 heteroatoms. The van der Waals surface area contributed by atoms with Crippen molar-refractivity contribution in [2.24, 2.45) is 7.05 Å². The van der Waals surface area contributed by atoms with E-state index in [4.69, 9.17) is 11.6 Å². The van der Waals surface area contributed by atoms with Gasteiger partial charge in [-0.2, -0.15) is 9.40 Å². The van der Waals surface area contributed by atoms with Gasteiger partial charge in [0.05, 0.1) is 10.6 Å². The van der Waals surface area contributed by atoms with Crippen molar-refractivity contribution < 1.29 is 8.42 Å². The van der Waals surface area contributed by atoms with Crippen LogP contribution in [0, 0.1) is 0 Å². The smallest absolute Gasteiger partial charge is 0.247 e. The Kier molecular flexibility index (Phi) is 5.33. The highest BCUT2D eigenvalue weighted by Crippen LogP contribution is 2.30. The molecule has 152 valence electrons. The molecule has 0 saturated carbocycles. The Morgan fingerprint density at radius 1 is 1.03 bits per heavy atom. The van der Waals surface area contributed by atoms with Crippen LogP contribution >= 0.6 is 11.6 Å². The van der Waals surface area contributed by atoms with Crippen molar-refractivity contribution in [3.8, 4) is 5.69 Å². The van der Waals surface area contributed by atoms with E-state index in [-0.39, 0.29) is 16.5 Å². The molecule has 1 aliphatic rings. The average molecular weight is 433 g/mol. The molecule has 0 bridgehead atoms. The van der Waals surface area contributed by atoms with Gasteiger partial charge in [-0.1, -0.05) is 35.9 Å². The molecular formula is C20H21ClN4O3S. The molecule has 3 aromatic rings. The van der Waals surface area contributed by atoms with Gasteiger partial charge >= 0.3 is 5.69 Å². The third-order valence-corrected chi connectivity index (χ3v) is 7.35. The number of para-hydroxylation sites is 1. The van der Waals surface area contributed by atoms with E-state index in [1.54, 1.807) is 29.8 Å². The average Bonchev–Trinajstić information content (AvgIpc) is 3.03. The maximum Gasteiger partial charge on any atom is 0.350 e. The van der Waals surface area contributed by atoms with Crippen molar-refractivity contribution in [1.82, 2.24) is 18.7 Å². The van der Waals surface area contributed by atoms with Gasteiger partial charge in [-0.3, -0.25) is 0 Å². The number of hydrogen-bond donors (Lipinski definition) is 0. The first-order valence-corrected chi connectivity index (χ1v) is 11.2. The lowest BCUT2D eigenvalue weighted by atomic mass is 9.97. The minimum atomic E-state index is -3.60. The van der Waals surface area contributed by atoms with Crippen LogP contribution in [0.1, 0.15) is 24.6 Å². The van der Waals surface area contributed by atoms with E-state index in [0.717, 1.165) is 5.69 Å². The zero-order valence-corrected chi connectivity index (χ0v) is 17.5. The Morgan fingerprint density at radius 3 is 2.38 bits per heavy atom. The summed E-state index contributed by atoms with van der Waals surface area (Å²) in [6.45, 7) is 0.720. The highest BCUT2D eigenvalue weighted by atomic mass is 35.5. The topological polar surface area (TPSA) is 77.2 Å². The monoisotopic (exact) mass is 432 g/mol. The van der Waals surface area contributed by atoms with E-state index in [9.17, 15) is 13.2 Å². The van der Waals surface area contributed by atoms with Gasteiger partial charge in [0.25, 0.3) is 0 Å². The molecule has 0 N–H and O–H groups in total. The van der Waals surface area contributed by atoms with Crippen LogP contribution in [0.3, 0.4) is 0 Å². The Morgan fingerprint density at radius 2 is 1.72 bits per heavy atom. The third-order valence-electron chi connectivity index (χ3n) is 5.22. The molecule has 1 fully saturated rings. The van der Waals surface area contributed by atoms with Gasteiger partial charge in [-0.25, -0.2) is 22.5 Å². The summed E-state index contributed by atoms with van der Waals surface area (Å²) in [5.74, 6) is 0.665. The summed E-state index contributed by atoms with van der Waals surface area (Å²) < 4.78 is 30.3. The van der Waals surface area contributed by atoms with E-state index in [1.807, 2.05) is 30.3 Å². The highest BCUT2D eigenvalue weighted by Gasteiger charge is 2.32. The van der Waals surface area contributed by atoms with Crippen LogP contribution in [0.15, 0.2) is 64.3 Å². The molecule has 4 rings (SSSR count). The molecule has 2 heterocycles. The van der Waals surface area contributed by atoms with E-state index >= 15 is 0 Å². The van der Waals surface area contributed by atoms with E-state index in [2.05, 4.69) is 5.10 Å². The number of aryl methyl sites for hydroxylation is 1.